The fraction of sp³-hybridized carbons (Fsp3) is 0.333. The highest BCUT2D eigenvalue weighted by molar-refractivity contribution is 5.31. The SMILES string of the molecule is CNC(c1cncnc1)c1cc(C)oc1C. The highest BCUT2D eigenvalue weighted by Gasteiger charge is 2.17. The molecule has 0 aliphatic carbocycles. The minimum atomic E-state index is 0.0821. The number of aromatic nitrogens is 2. The van der Waals surface area contributed by atoms with Crippen molar-refractivity contribution in [3.63, 3.8) is 0 Å². The van der Waals surface area contributed by atoms with E-state index in [0.717, 1.165) is 22.6 Å². The minimum absolute atomic E-state index is 0.0821. The predicted molar refractivity (Wildman–Crippen MR) is 61.1 cm³/mol. The Kier molecular flexibility index (Phi) is 3.01. The van der Waals surface area contributed by atoms with Crippen LogP contribution in [-0.2, 0) is 0 Å². The zero-order valence-electron chi connectivity index (χ0n) is 9.69. The molecule has 0 saturated carbocycles. The van der Waals surface area contributed by atoms with Gasteiger partial charge in [-0.25, -0.2) is 9.97 Å². The van der Waals surface area contributed by atoms with Gasteiger partial charge >= 0.3 is 0 Å². The second-order valence-corrected chi connectivity index (χ2v) is 3.76. The van der Waals surface area contributed by atoms with Crippen molar-refractivity contribution in [2.24, 2.45) is 0 Å². The molecule has 0 amide bonds. The summed E-state index contributed by atoms with van der Waals surface area (Å²) >= 11 is 0. The van der Waals surface area contributed by atoms with Crippen molar-refractivity contribution in [2.45, 2.75) is 19.9 Å². The maximum atomic E-state index is 5.54. The lowest BCUT2D eigenvalue weighted by Gasteiger charge is -2.14. The van der Waals surface area contributed by atoms with Crippen molar-refractivity contribution in [1.29, 1.82) is 0 Å². The van der Waals surface area contributed by atoms with E-state index >= 15 is 0 Å². The van der Waals surface area contributed by atoms with E-state index < -0.39 is 0 Å². The molecule has 2 aromatic heterocycles. The first kappa shape index (κ1) is 10.8. The lowest BCUT2D eigenvalue weighted by Crippen LogP contribution is -2.18. The van der Waals surface area contributed by atoms with Crippen LogP contribution in [0.1, 0.15) is 28.7 Å². The van der Waals surface area contributed by atoms with Crippen LogP contribution in [-0.4, -0.2) is 17.0 Å². The summed E-state index contributed by atoms with van der Waals surface area (Å²) in [7, 11) is 1.92. The molecule has 16 heavy (non-hydrogen) atoms. The fourth-order valence-corrected chi connectivity index (χ4v) is 1.90. The molecule has 0 bridgehead atoms. The lowest BCUT2D eigenvalue weighted by atomic mass is 10.0. The number of rotatable bonds is 3. The molecule has 0 aromatic carbocycles. The summed E-state index contributed by atoms with van der Waals surface area (Å²) in [6.45, 7) is 3.92. The van der Waals surface area contributed by atoms with Gasteiger partial charge in [0.05, 0.1) is 6.04 Å². The summed E-state index contributed by atoms with van der Waals surface area (Å²) in [4.78, 5) is 8.07. The van der Waals surface area contributed by atoms with E-state index in [1.54, 1.807) is 0 Å². The van der Waals surface area contributed by atoms with Gasteiger partial charge in [0.2, 0.25) is 0 Å². The average Bonchev–Trinajstić information content (AvgIpc) is 2.61. The largest absolute Gasteiger partial charge is 0.466 e. The molecule has 2 heterocycles. The van der Waals surface area contributed by atoms with Crippen molar-refractivity contribution < 1.29 is 4.42 Å². The summed E-state index contributed by atoms with van der Waals surface area (Å²) in [6.07, 6.45) is 5.16. The maximum absolute atomic E-state index is 5.54. The van der Waals surface area contributed by atoms with Crippen LogP contribution in [0.5, 0.6) is 0 Å². The number of furan rings is 1. The molecule has 0 aliphatic rings. The van der Waals surface area contributed by atoms with E-state index in [1.807, 2.05) is 39.4 Å². The Labute approximate surface area is 94.7 Å². The first-order valence-corrected chi connectivity index (χ1v) is 5.21. The Hall–Kier alpha value is -1.68. The molecule has 1 N–H and O–H groups in total. The third-order valence-electron chi connectivity index (χ3n) is 2.59. The smallest absolute Gasteiger partial charge is 0.115 e. The molecule has 0 radical (unpaired) electrons. The zero-order chi connectivity index (χ0) is 11.5. The summed E-state index contributed by atoms with van der Waals surface area (Å²) in [5.41, 5.74) is 2.17. The van der Waals surface area contributed by atoms with E-state index in [-0.39, 0.29) is 6.04 Å². The monoisotopic (exact) mass is 217 g/mol. The van der Waals surface area contributed by atoms with Crippen molar-refractivity contribution in [3.05, 3.63) is 47.4 Å². The lowest BCUT2D eigenvalue weighted by molar-refractivity contribution is 0.496. The molecule has 1 atom stereocenters. The highest BCUT2D eigenvalue weighted by atomic mass is 16.3. The second-order valence-electron chi connectivity index (χ2n) is 3.76. The minimum Gasteiger partial charge on any atom is -0.466 e. The number of nitrogens with zero attached hydrogens (tertiary/aromatic N) is 2. The molecule has 1 unspecified atom stereocenters. The van der Waals surface area contributed by atoms with Crippen molar-refractivity contribution in [1.82, 2.24) is 15.3 Å². The van der Waals surface area contributed by atoms with Gasteiger partial charge in [-0.3, -0.25) is 0 Å². The first-order chi connectivity index (χ1) is 7.72. The Balaban J connectivity index is 2.40. The van der Waals surface area contributed by atoms with Crippen LogP contribution in [0, 0.1) is 13.8 Å². The molecule has 0 fully saturated rings. The van der Waals surface area contributed by atoms with Crippen LogP contribution in [0.25, 0.3) is 0 Å². The van der Waals surface area contributed by atoms with Gasteiger partial charge in [-0.15, -0.1) is 0 Å². The van der Waals surface area contributed by atoms with Crippen molar-refractivity contribution in [3.8, 4) is 0 Å². The van der Waals surface area contributed by atoms with E-state index in [0.29, 0.717) is 0 Å². The molecular formula is C12H15N3O. The quantitative estimate of drug-likeness (QED) is 0.854. The molecular weight excluding hydrogens is 202 g/mol. The van der Waals surface area contributed by atoms with Gasteiger partial charge in [-0.1, -0.05) is 0 Å². The summed E-state index contributed by atoms with van der Waals surface area (Å²) in [6, 6.07) is 2.13. The predicted octanol–water partition coefficient (Wildman–Crippen LogP) is 2.00. The summed E-state index contributed by atoms with van der Waals surface area (Å²) in [5.74, 6) is 1.85. The van der Waals surface area contributed by atoms with Crippen LogP contribution in [0.2, 0.25) is 0 Å². The average molecular weight is 217 g/mol. The standard InChI is InChI=1S/C12H15N3O/c1-8-4-11(9(2)16-8)12(13-3)10-5-14-7-15-6-10/h4-7,12-13H,1-3H3. The number of aryl methyl sites for hydroxylation is 2. The van der Waals surface area contributed by atoms with Gasteiger partial charge in [-0.05, 0) is 27.0 Å². The van der Waals surface area contributed by atoms with Crippen LogP contribution < -0.4 is 5.32 Å². The number of hydrogen-bond donors (Lipinski definition) is 1. The first-order valence-electron chi connectivity index (χ1n) is 5.21. The van der Waals surface area contributed by atoms with E-state index in [4.69, 9.17) is 4.42 Å². The van der Waals surface area contributed by atoms with Gasteiger partial charge in [-0.2, -0.15) is 0 Å². The molecule has 0 spiro atoms. The van der Waals surface area contributed by atoms with Crippen LogP contribution in [0.3, 0.4) is 0 Å². The van der Waals surface area contributed by atoms with Crippen LogP contribution in [0.15, 0.2) is 29.2 Å². The molecule has 84 valence electrons. The normalized spacial score (nSPS) is 12.7. The zero-order valence-corrected chi connectivity index (χ0v) is 9.69. The molecule has 2 rings (SSSR count). The van der Waals surface area contributed by atoms with E-state index in [1.165, 1.54) is 6.33 Å². The van der Waals surface area contributed by atoms with E-state index in [2.05, 4.69) is 15.3 Å². The Morgan fingerprint density at radius 3 is 2.44 bits per heavy atom. The van der Waals surface area contributed by atoms with Gasteiger partial charge in [0.25, 0.3) is 0 Å². The third kappa shape index (κ3) is 1.97. The van der Waals surface area contributed by atoms with Crippen LogP contribution in [0.4, 0.5) is 0 Å². The van der Waals surface area contributed by atoms with Crippen molar-refractivity contribution >= 4 is 0 Å². The van der Waals surface area contributed by atoms with Crippen molar-refractivity contribution in [2.75, 3.05) is 7.05 Å². The van der Waals surface area contributed by atoms with Gasteiger partial charge in [0.15, 0.2) is 0 Å². The second kappa shape index (κ2) is 4.45. The maximum Gasteiger partial charge on any atom is 0.115 e. The van der Waals surface area contributed by atoms with Crippen LogP contribution >= 0.6 is 0 Å². The summed E-state index contributed by atoms with van der Waals surface area (Å²) < 4.78 is 5.54. The van der Waals surface area contributed by atoms with Gasteiger partial charge < -0.3 is 9.73 Å². The number of hydrogen-bond acceptors (Lipinski definition) is 4. The fourth-order valence-electron chi connectivity index (χ4n) is 1.90. The molecule has 4 nitrogen and oxygen atoms in total. The number of nitrogens with one attached hydrogen (secondary N) is 1. The molecule has 0 saturated heterocycles. The highest BCUT2D eigenvalue weighted by Crippen LogP contribution is 2.26. The Morgan fingerprint density at radius 2 is 1.94 bits per heavy atom. The molecule has 0 aliphatic heterocycles. The topological polar surface area (TPSA) is 51.0 Å². The molecule has 2 aromatic rings. The Bertz CT molecular complexity index is 464. The van der Waals surface area contributed by atoms with Gasteiger partial charge in [0, 0.05) is 23.5 Å². The van der Waals surface area contributed by atoms with Gasteiger partial charge in [0.1, 0.15) is 17.8 Å². The Morgan fingerprint density at radius 1 is 1.25 bits per heavy atom. The molecule has 4 heteroatoms. The van der Waals surface area contributed by atoms with E-state index in [9.17, 15) is 0 Å². The third-order valence-corrected chi connectivity index (χ3v) is 2.59. The summed E-state index contributed by atoms with van der Waals surface area (Å²) in [5, 5.41) is 3.25.